The van der Waals surface area contributed by atoms with Crippen LogP contribution in [0.1, 0.15) is 28.4 Å². The number of halogens is 1. The van der Waals surface area contributed by atoms with Crippen LogP contribution in [0.3, 0.4) is 0 Å². The highest BCUT2D eigenvalue weighted by atomic mass is 79.9. The van der Waals surface area contributed by atoms with Crippen LogP contribution >= 0.6 is 15.9 Å². The first-order valence-electron chi connectivity index (χ1n) is 8.70. The number of pyridine rings is 1. The molecule has 0 aliphatic heterocycles. The molecule has 150 valence electrons. The molecular weight excluding hydrogens is 426 g/mol. The van der Waals surface area contributed by atoms with E-state index >= 15 is 0 Å². The van der Waals surface area contributed by atoms with Crippen molar-refractivity contribution in [3.05, 3.63) is 49.7 Å². The second-order valence-corrected chi connectivity index (χ2v) is 7.21. The molecule has 1 aromatic carbocycles. The summed E-state index contributed by atoms with van der Waals surface area (Å²) in [7, 11) is 5.17. The van der Waals surface area contributed by atoms with Gasteiger partial charge in [0.15, 0.2) is 5.82 Å². The van der Waals surface area contributed by atoms with Crippen molar-refractivity contribution in [3.63, 3.8) is 0 Å². The van der Waals surface area contributed by atoms with E-state index in [0.29, 0.717) is 11.4 Å². The zero-order valence-electron chi connectivity index (χ0n) is 16.9. The molecular formula is C20H24BrN3O4. The summed E-state index contributed by atoms with van der Waals surface area (Å²) in [5.41, 5.74) is 2.07. The molecule has 0 amide bonds. The van der Waals surface area contributed by atoms with Crippen LogP contribution in [0.4, 0.5) is 5.82 Å². The van der Waals surface area contributed by atoms with E-state index in [4.69, 9.17) is 9.47 Å². The number of aliphatic imine (C=N–C) groups is 1. The minimum atomic E-state index is -0.555. The molecule has 0 saturated carbocycles. The van der Waals surface area contributed by atoms with E-state index in [9.17, 15) is 9.59 Å². The molecule has 0 saturated heterocycles. The van der Waals surface area contributed by atoms with Crippen LogP contribution in [-0.4, -0.2) is 49.6 Å². The zero-order valence-corrected chi connectivity index (χ0v) is 18.5. The minimum Gasteiger partial charge on any atom is -0.496 e. The highest BCUT2D eigenvalue weighted by Crippen LogP contribution is 2.32. The summed E-state index contributed by atoms with van der Waals surface area (Å²) in [4.78, 5) is 31.8. The van der Waals surface area contributed by atoms with Crippen LogP contribution in [0.5, 0.6) is 5.75 Å². The monoisotopic (exact) mass is 449 g/mol. The standard InChI is InChI=1S/C20H24BrN3O4/c1-7-28-20(26)14-10-15(21)19(25)24(18(14)22-11-23(4)5)17-12(2)8-9-16(27-6)13(17)3/h8-11H,7H2,1-6H3. The molecule has 7 nitrogen and oxygen atoms in total. The fourth-order valence-electron chi connectivity index (χ4n) is 2.82. The van der Waals surface area contributed by atoms with Crippen LogP contribution in [0, 0.1) is 13.8 Å². The number of hydrogen-bond acceptors (Lipinski definition) is 5. The Morgan fingerprint density at radius 2 is 2.00 bits per heavy atom. The molecule has 2 aromatic rings. The van der Waals surface area contributed by atoms with Crippen molar-refractivity contribution < 1.29 is 14.3 Å². The molecule has 8 heteroatoms. The third kappa shape index (κ3) is 4.27. The van der Waals surface area contributed by atoms with E-state index in [1.807, 2.05) is 26.0 Å². The van der Waals surface area contributed by atoms with Crippen molar-refractivity contribution in [2.75, 3.05) is 27.8 Å². The molecule has 0 aliphatic rings. The molecule has 2 rings (SSSR count). The number of aryl methyl sites for hydroxylation is 1. The molecule has 0 unspecified atom stereocenters. The van der Waals surface area contributed by atoms with Crippen molar-refractivity contribution >= 4 is 34.1 Å². The largest absolute Gasteiger partial charge is 0.496 e. The number of carbonyl (C=O) groups excluding carboxylic acids is 1. The minimum absolute atomic E-state index is 0.188. The first-order valence-corrected chi connectivity index (χ1v) is 9.50. The lowest BCUT2D eigenvalue weighted by atomic mass is 10.1. The Bertz CT molecular complexity index is 980. The Hall–Kier alpha value is -2.61. The van der Waals surface area contributed by atoms with Gasteiger partial charge in [0.25, 0.3) is 5.56 Å². The quantitative estimate of drug-likeness (QED) is 0.382. The number of hydrogen-bond donors (Lipinski definition) is 0. The third-order valence-corrected chi connectivity index (χ3v) is 4.63. The molecule has 0 N–H and O–H groups in total. The Kier molecular flexibility index (Phi) is 7.01. The van der Waals surface area contributed by atoms with Gasteiger partial charge in [-0.2, -0.15) is 0 Å². The summed E-state index contributed by atoms with van der Waals surface area (Å²) in [6, 6.07) is 5.15. The average Bonchev–Trinajstić information content (AvgIpc) is 2.64. The maximum atomic E-state index is 13.1. The Balaban J connectivity index is 2.98. The lowest BCUT2D eigenvalue weighted by Crippen LogP contribution is -2.24. The van der Waals surface area contributed by atoms with E-state index in [0.717, 1.165) is 11.1 Å². The number of methoxy groups -OCH3 is 1. The lowest BCUT2D eigenvalue weighted by Gasteiger charge is -2.19. The van der Waals surface area contributed by atoms with Gasteiger partial charge in [-0.25, -0.2) is 9.79 Å². The Labute approximate surface area is 172 Å². The molecule has 0 radical (unpaired) electrons. The van der Waals surface area contributed by atoms with Crippen molar-refractivity contribution in [2.24, 2.45) is 4.99 Å². The zero-order chi connectivity index (χ0) is 21.0. The van der Waals surface area contributed by atoms with Gasteiger partial charge in [0.05, 0.1) is 30.2 Å². The number of ether oxygens (including phenoxy) is 2. The van der Waals surface area contributed by atoms with Gasteiger partial charge >= 0.3 is 5.97 Å². The predicted octanol–water partition coefficient (Wildman–Crippen LogP) is 3.62. The normalized spacial score (nSPS) is 11.0. The molecule has 28 heavy (non-hydrogen) atoms. The molecule has 1 aromatic heterocycles. The fourth-order valence-corrected chi connectivity index (χ4v) is 3.23. The number of carbonyl (C=O) groups is 1. The summed E-state index contributed by atoms with van der Waals surface area (Å²) in [6.45, 7) is 5.68. The van der Waals surface area contributed by atoms with Crippen molar-refractivity contribution in [2.45, 2.75) is 20.8 Å². The van der Waals surface area contributed by atoms with Gasteiger partial charge in [-0.3, -0.25) is 9.36 Å². The number of nitrogens with zero attached hydrogens (tertiary/aromatic N) is 3. The topological polar surface area (TPSA) is 73.1 Å². The SMILES string of the molecule is CCOC(=O)c1cc(Br)c(=O)n(-c2c(C)ccc(OC)c2C)c1N=CN(C)C. The van der Waals surface area contributed by atoms with Gasteiger partial charge in [-0.15, -0.1) is 0 Å². The average molecular weight is 450 g/mol. The Morgan fingerprint density at radius 3 is 2.57 bits per heavy atom. The summed E-state index contributed by atoms with van der Waals surface area (Å²) >= 11 is 3.28. The van der Waals surface area contributed by atoms with Gasteiger partial charge in [-0.1, -0.05) is 6.07 Å². The summed E-state index contributed by atoms with van der Waals surface area (Å²) < 4.78 is 12.3. The fraction of sp³-hybridized carbons (Fsp3) is 0.350. The van der Waals surface area contributed by atoms with Crippen molar-refractivity contribution in [1.29, 1.82) is 0 Å². The second kappa shape index (κ2) is 9.05. The highest BCUT2D eigenvalue weighted by molar-refractivity contribution is 9.10. The van der Waals surface area contributed by atoms with Crippen LogP contribution in [0.15, 0.2) is 32.5 Å². The van der Waals surface area contributed by atoms with Crippen molar-refractivity contribution in [3.8, 4) is 11.4 Å². The molecule has 0 aliphatic carbocycles. The van der Waals surface area contributed by atoms with Crippen LogP contribution in [0.2, 0.25) is 0 Å². The smallest absolute Gasteiger partial charge is 0.341 e. The lowest BCUT2D eigenvalue weighted by molar-refractivity contribution is 0.0526. The number of esters is 1. The Morgan fingerprint density at radius 1 is 1.32 bits per heavy atom. The number of benzene rings is 1. The number of aromatic nitrogens is 1. The van der Waals surface area contributed by atoms with Crippen LogP contribution < -0.4 is 10.3 Å². The highest BCUT2D eigenvalue weighted by Gasteiger charge is 2.23. The van der Waals surface area contributed by atoms with Gasteiger partial charge in [0, 0.05) is 19.7 Å². The van der Waals surface area contributed by atoms with E-state index in [1.165, 1.54) is 17.0 Å². The van der Waals surface area contributed by atoms with E-state index < -0.39 is 5.97 Å². The number of rotatable bonds is 6. The molecule has 0 bridgehead atoms. The summed E-state index contributed by atoms with van der Waals surface area (Å²) in [5, 5.41) is 0. The summed E-state index contributed by atoms with van der Waals surface area (Å²) in [5.74, 6) is 0.272. The van der Waals surface area contributed by atoms with Crippen molar-refractivity contribution in [1.82, 2.24) is 9.47 Å². The van der Waals surface area contributed by atoms with Gasteiger partial charge in [0.2, 0.25) is 0 Å². The first-order chi connectivity index (χ1) is 13.2. The van der Waals surface area contributed by atoms with E-state index in [2.05, 4.69) is 20.9 Å². The maximum absolute atomic E-state index is 13.1. The first kappa shape index (κ1) is 21.7. The maximum Gasteiger partial charge on any atom is 0.341 e. The van der Waals surface area contributed by atoms with E-state index in [-0.39, 0.29) is 28.0 Å². The third-order valence-electron chi connectivity index (χ3n) is 4.06. The van der Waals surface area contributed by atoms with Crippen LogP contribution in [-0.2, 0) is 4.74 Å². The molecule has 1 heterocycles. The molecule has 0 fully saturated rings. The summed E-state index contributed by atoms with van der Waals surface area (Å²) in [6.07, 6.45) is 1.53. The molecule has 0 atom stereocenters. The van der Waals surface area contributed by atoms with Gasteiger partial charge < -0.3 is 14.4 Å². The molecule has 0 spiro atoms. The van der Waals surface area contributed by atoms with Gasteiger partial charge in [-0.05, 0) is 54.4 Å². The van der Waals surface area contributed by atoms with Gasteiger partial charge in [0.1, 0.15) is 11.3 Å². The predicted molar refractivity (Wildman–Crippen MR) is 114 cm³/mol. The second-order valence-electron chi connectivity index (χ2n) is 6.36. The van der Waals surface area contributed by atoms with Crippen LogP contribution in [0.25, 0.3) is 5.69 Å². The van der Waals surface area contributed by atoms with E-state index in [1.54, 1.807) is 33.0 Å².